The van der Waals surface area contributed by atoms with Crippen LogP contribution < -0.4 is 10.7 Å². The summed E-state index contributed by atoms with van der Waals surface area (Å²) in [4.78, 5) is 23.7. The largest absolute Gasteiger partial charge is 0.507 e. The topological polar surface area (TPSA) is 90.8 Å². The van der Waals surface area contributed by atoms with Crippen LogP contribution >= 0.6 is 11.6 Å². The number of hydrogen-bond donors (Lipinski definition) is 3. The number of fused-ring (bicyclic) bond motifs is 1. The van der Waals surface area contributed by atoms with E-state index in [0.717, 1.165) is 10.8 Å². The third-order valence-electron chi connectivity index (χ3n) is 3.60. The third-order valence-corrected chi connectivity index (χ3v) is 3.83. The molecule has 130 valence electrons. The zero-order valence-corrected chi connectivity index (χ0v) is 14.2. The number of amides is 2. The quantitative estimate of drug-likeness (QED) is 0.377. The van der Waals surface area contributed by atoms with Gasteiger partial charge >= 0.3 is 11.8 Å². The Morgan fingerprint density at radius 2 is 1.81 bits per heavy atom. The molecule has 0 aromatic heterocycles. The summed E-state index contributed by atoms with van der Waals surface area (Å²) in [6.45, 7) is 0. The van der Waals surface area contributed by atoms with Gasteiger partial charge in [-0.2, -0.15) is 5.10 Å². The van der Waals surface area contributed by atoms with Crippen LogP contribution in [0.5, 0.6) is 5.75 Å². The average Bonchev–Trinajstić information content (AvgIpc) is 2.63. The number of anilines is 1. The van der Waals surface area contributed by atoms with Crippen molar-refractivity contribution in [1.29, 1.82) is 0 Å². The molecule has 6 nitrogen and oxygen atoms in total. The number of rotatable bonds is 3. The molecule has 3 aromatic carbocycles. The molecule has 0 spiro atoms. The molecular weight excluding hydrogens is 354 g/mol. The number of hydrazone groups is 1. The van der Waals surface area contributed by atoms with Gasteiger partial charge in [-0.3, -0.25) is 9.59 Å². The number of hydrogen-bond acceptors (Lipinski definition) is 4. The smallest absolute Gasteiger partial charge is 0.329 e. The SMILES string of the molecule is O=C(N/N=C/c1c(O)ccc2ccccc12)C(=O)Nc1cccc(Cl)c1. The van der Waals surface area contributed by atoms with E-state index in [1.807, 2.05) is 24.3 Å². The summed E-state index contributed by atoms with van der Waals surface area (Å²) in [5.74, 6) is -1.81. The van der Waals surface area contributed by atoms with Gasteiger partial charge < -0.3 is 10.4 Å². The maximum absolute atomic E-state index is 11.9. The number of nitrogens with zero attached hydrogens (tertiary/aromatic N) is 1. The van der Waals surface area contributed by atoms with Gasteiger partial charge in [0.1, 0.15) is 5.75 Å². The van der Waals surface area contributed by atoms with Crippen molar-refractivity contribution >= 4 is 46.1 Å². The maximum atomic E-state index is 11.9. The monoisotopic (exact) mass is 367 g/mol. The standard InChI is InChI=1S/C19H14ClN3O3/c20-13-5-3-6-14(10-13)22-18(25)19(26)23-21-11-16-15-7-2-1-4-12(15)8-9-17(16)24/h1-11,24H,(H,22,25)(H,23,26)/b21-11+. The summed E-state index contributed by atoms with van der Waals surface area (Å²) in [6, 6.07) is 17.2. The first-order valence-electron chi connectivity index (χ1n) is 7.65. The van der Waals surface area contributed by atoms with Crippen LogP contribution in [0.1, 0.15) is 5.56 Å². The molecule has 3 aromatic rings. The molecule has 7 heteroatoms. The lowest BCUT2D eigenvalue weighted by atomic mass is 10.0. The lowest BCUT2D eigenvalue weighted by molar-refractivity contribution is -0.136. The Labute approximate surface area is 154 Å². The molecule has 0 atom stereocenters. The van der Waals surface area contributed by atoms with Crippen molar-refractivity contribution in [2.45, 2.75) is 0 Å². The highest BCUT2D eigenvalue weighted by atomic mass is 35.5. The second kappa shape index (κ2) is 7.67. The second-order valence-electron chi connectivity index (χ2n) is 5.38. The summed E-state index contributed by atoms with van der Waals surface area (Å²) in [6.07, 6.45) is 1.29. The van der Waals surface area contributed by atoms with Gasteiger partial charge in [0.05, 0.1) is 6.21 Å². The zero-order chi connectivity index (χ0) is 18.5. The fraction of sp³-hybridized carbons (Fsp3) is 0. The van der Waals surface area contributed by atoms with E-state index >= 15 is 0 Å². The molecule has 0 saturated carbocycles. The lowest BCUT2D eigenvalue weighted by Crippen LogP contribution is -2.32. The van der Waals surface area contributed by atoms with Crippen LogP contribution in [0.15, 0.2) is 65.8 Å². The first-order chi connectivity index (χ1) is 12.5. The number of aromatic hydroxyl groups is 1. The second-order valence-corrected chi connectivity index (χ2v) is 5.82. The predicted molar refractivity (Wildman–Crippen MR) is 101 cm³/mol. The van der Waals surface area contributed by atoms with Crippen LogP contribution in [-0.2, 0) is 9.59 Å². The van der Waals surface area contributed by atoms with E-state index in [-0.39, 0.29) is 5.75 Å². The van der Waals surface area contributed by atoms with Gasteiger partial charge in [0, 0.05) is 16.3 Å². The molecule has 0 fully saturated rings. The Balaban J connectivity index is 1.69. The summed E-state index contributed by atoms with van der Waals surface area (Å²) in [5.41, 5.74) is 2.97. The first-order valence-corrected chi connectivity index (χ1v) is 8.03. The van der Waals surface area contributed by atoms with Crippen LogP contribution in [-0.4, -0.2) is 23.1 Å². The van der Waals surface area contributed by atoms with Crippen LogP contribution in [0.4, 0.5) is 5.69 Å². The van der Waals surface area contributed by atoms with E-state index in [1.54, 1.807) is 24.3 Å². The van der Waals surface area contributed by atoms with Crippen molar-refractivity contribution in [1.82, 2.24) is 5.43 Å². The molecule has 0 aliphatic carbocycles. The van der Waals surface area contributed by atoms with Crippen molar-refractivity contribution in [2.75, 3.05) is 5.32 Å². The van der Waals surface area contributed by atoms with E-state index < -0.39 is 11.8 Å². The predicted octanol–water partition coefficient (Wildman–Crippen LogP) is 3.29. The van der Waals surface area contributed by atoms with E-state index in [1.165, 1.54) is 18.3 Å². The highest BCUT2D eigenvalue weighted by molar-refractivity contribution is 6.39. The molecule has 0 aliphatic rings. The Hall–Kier alpha value is -3.38. The first kappa shape index (κ1) is 17.4. The van der Waals surface area contributed by atoms with E-state index in [9.17, 15) is 14.7 Å². The minimum atomic E-state index is -0.944. The van der Waals surface area contributed by atoms with Crippen LogP contribution in [0.3, 0.4) is 0 Å². The van der Waals surface area contributed by atoms with Crippen LogP contribution in [0, 0.1) is 0 Å². The average molecular weight is 368 g/mol. The molecule has 0 bridgehead atoms. The molecule has 3 N–H and O–H groups in total. The van der Waals surface area contributed by atoms with E-state index in [4.69, 9.17) is 11.6 Å². The van der Waals surface area contributed by atoms with Crippen molar-refractivity contribution in [3.8, 4) is 5.75 Å². The molecular formula is C19H14ClN3O3. The minimum Gasteiger partial charge on any atom is -0.507 e. The van der Waals surface area contributed by atoms with Gasteiger partial charge in [-0.25, -0.2) is 5.43 Å². The third kappa shape index (κ3) is 3.99. The van der Waals surface area contributed by atoms with Crippen molar-refractivity contribution in [2.24, 2.45) is 5.10 Å². The molecule has 0 unspecified atom stereocenters. The van der Waals surface area contributed by atoms with Crippen LogP contribution in [0.25, 0.3) is 10.8 Å². The summed E-state index contributed by atoms with van der Waals surface area (Å²) >= 11 is 5.82. The minimum absolute atomic E-state index is 0.0186. The Kier molecular flexibility index (Phi) is 5.15. The number of phenolic OH excluding ortho intramolecular Hbond substituents is 1. The number of phenols is 1. The van der Waals surface area contributed by atoms with E-state index in [0.29, 0.717) is 16.3 Å². The Morgan fingerprint density at radius 3 is 2.62 bits per heavy atom. The van der Waals surface area contributed by atoms with Gasteiger partial charge in [-0.15, -0.1) is 0 Å². The number of benzene rings is 3. The Bertz CT molecular complexity index is 1020. The fourth-order valence-electron chi connectivity index (χ4n) is 2.38. The number of carbonyl (C=O) groups excluding carboxylic acids is 2. The molecule has 0 saturated heterocycles. The molecule has 0 heterocycles. The summed E-state index contributed by atoms with van der Waals surface area (Å²) < 4.78 is 0. The number of nitrogens with one attached hydrogen (secondary N) is 2. The van der Waals surface area contributed by atoms with Gasteiger partial charge in [0.15, 0.2) is 0 Å². The van der Waals surface area contributed by atoms with Crippen molar-refractivity contribution in [3.05, 3.63) is 71.2 Å². The molecule has 3 rings (SSSR count). The molecule has 26 heavy (non-hydrogen) atoms. The Morgan fingerprint density at radius 1 is 1.00 bits per heavy atom. The van der Waals surface area contributed by atoms with Gasteiger partial charge in [0.2, 0.25) is 0 Å². The highest BCUT2D eigenvalue weighted by Crippen LogP contribution is 2.25. The maximum Gasteiger partial charge on any atom is 0.329 e. The molecule has 0 radical (unpaired) electrons. The summed E-state index contributed by atoms with van der Waals surface area (Å²) in [5, 5.41) is 18.3. The normalized spacial score (nSPS) is 10.8. The van der Waals surface area contributed by atoms with E-state index in [2.05, 4.69) is 15.8 Å². The molecule has 0 aliphatic heterocycles. The summed E-state index contributed by atoms with van der Waals surface area (Å²) in [7, 11) is 0. The van der Waals surface area contributed by atoms with Crippen molar-refractivity contribution < 1.29 is 14.7 Å². The number of halogens is 1. The highest BCUT2D eigenvalue weighted by Gasteiger charge is 2.13. The van der Waals surface area contributed by atoms with Gasteiger partial charge in [-0.1, -0.05) is 48.0 Å². The van der Waals surface area contributed by atoms with Crippen molar-refractivity contribution in [3.63, 3.8) is 0 Å². The number of carbonyl (C=O) groups is 2. The van der Waals surface area contributed by atoms with Crippen LogP contribution in [0.2, 0.25) is 5.02 Å². The molecule has 2 amide bonds. The lowest BCUT2D eigenvalue weighted by Gasteiger charge is -2.05. The van der Waals surface area contributed by atoms with Gasteiger partial charge in [0.25, 0.3) is 0 Å². The van der Waals surface area contributed by atoms with Gasteiger partial charge in [-0.05, 0) is 35.0 Å². The zero-order valence-electron chi connectivity index (χ0n) is 13.4. The fourth-order valence-corrected chi connectivity index (χ4v) is 2.57.